The van der Waals surface area contributed by atoms with E-state index in [1.165, 1.54) is 24.3 Å². The van der Waals surface area contributed by atoms with Gasteiger partial charge in [0.2, 0.25) is 5.91 Å². The highest BCUT2D eigenvalue weighted by Crippen LogP contribution is 2.16. The van der Waals surface area contributed by atoms with Crippen LogP contribution in [0.1, 0.15) is 11.1 Å². The van der Waals surface area contributed by atoms with Gasteiger partial charge in [-0.25, -0.2) is 9.18 Å². The quantitative estimate of drug-likeness (QED) is 0.671. The van der Waals surface area contributed by atoms with Crippen LogP contribution in [0.15, 0.2) is 66.3 Å². The van der Waals surface area contributed by atoms with Crippen LogP contribution in [0.25, 0.3) is 6.08 Å². The summed E-state index contributed by atoms with van der Waals surface area (Å²) in [5.74, 6) is -1.02. The Labute approximate surface area is 144 Å². The summed E-state index contributed by atoms with van der Waals surface area (Å²) >= 11 is 0. The number of nitrogens with one attached hydrogen (secondary N) is 1. The topological polar surface area (TPSA) is 55.4 Å². The van der Waals surface area contributed by atoms with Crippen LogP contribution in [-0.2, 0) is 20.7 Å². The predicted octanol–water partition coefficient (Wildman–Crippen LogP) is 3.50. The molecule has 0 unspecified atom stereocenters. The zero-order valence-corrected chi connectivity index (χ0v) is 13.4. The highest BCUT2D eigenvalue weighted by atomic mass is 19.1. The average Bonchev–Trinajstić information content (AvgIpc) is 3.01. The zero-order chi connectivity index (χ0) is 17.6. The summed E-state index contributed by atoms with van der Waals surface area (Å²) in [5, 5.41) is 2.72. The Balaban J connectivity index is 1.57. The molecule has 5 heteroatoms. The predicted molar refractivity (Wildman–Crippen MR) is 93.3 cm³/mol. The number of benzene rings is 2. The van der Waals surface area contributed by atoms with Gasteiger partial charge in [0.25, 0.3) is 0 Å². The molecule has 0 aromatic heterocycles. The first kappa shape index (κ1) is 16.6. The van der Waals surface area contributed by atoms with Gasteiger partial charge >= 0.3 is 5.97 Å². The zero-order valence-electron chi connectivity index (χ0n) is 13.4. The number of anilines is 1. The maximum Gasteiger partial charge on any atom is 0.331 e. The van der Waals surface area contributed by atoms with Crippen LogP contribution in [0.2, 0.25) is 0 Å². The lowest BCUT2D eigenvalue weighted by Crippen LogP contribution is -2.07. The van der Waals surface area contributed by atoms with Gasteiger partial charge in [0.1, 0.15) is 12.4 Å². The van der Waals surface area contributed by atoms with Gasteiger partial charge in [0.05, 0.1) is 0 Å². The Hall–Kier alpha value is -3.21. The Morgan fingerprint density at radius 3 is 2.60 bits per heavy atom. The molecule has 1 N–H and O–H groups in total. The molecule has 2 aromatic rings. The van der Waals surface area contributed by atoms with Crippen LogP contribution < -0.4 is 5.32 Å². The van der Waals surface area contributed by atoms with E-state index in [1.807, 2.05) is 12.1 Å². The number of cyclic esters (lactones) is 1. The van der Waals surface area contributed by atoms with Crippen LogP contribution in [0.3, 0.4) is 0 Å². The lowest BCUT2D eigenvalue weighted by Gasteiger charge is -2.05. The van der Waals surface area contributed by atoms with Crippen molar-refractivity contribution in [3.63, 3.8) is 0 Å². The lowest BCUT2D eigenvalue weighted by molar-refractivity contribution is -0.135. The van der Waals surface area contributed by atoms with E-state index >= 15 is 0 Å². The molecule has 1 aliphatic heterocycles. The third kappa shape index (κ3) is 4.64. The van der Waals surface area contributed by atoms with E-state index in [2.05, 4.69) is 5.32 Å². The van der Waals surface area contributed by atoms with Crippen molar-refractivity contribution in [1.29, 1.82) is 0 Å². The fourth-order valence-electron chi connectivity index (χ4n) is 2.44. The molecule has 0 aliphatic carbocycles. The molecular weight excluding hydrogens is 321 g/mol. The first-order valence-corrected chi connectivity index (χ1v) is 7.79. The van der Waals surface area contributed by atoms with Gasteiger partial charge in [-0.3, -0.25) is 4.79 Å². The number of carbonyl (C=O) groups is 2. The molecule has 1 aliphatic rings. The fourth-order valence-corrected chi connectivity index (χ4v) is 2.44. The van der Waals surface area contributed by atoms with E-state index in [0.29, 0.717) is 24.3 Å². The molecule has 0 radical (unpaired) electrons. The lowest BCUT2D eigenvalue weighted by atomic mass is 10.1. The molecular formula is C20H16FNO3. The minimum Gasteiger partial charge on any atom is -0.458 e. The van der Waals surface area contributed by atoms with Gasteiger partial charge in [-0.2, -0.15) is 0 Å². The summed E-state index contributed by atoms with van der Waals surface area (Å²) in [6, 6.07) is 13.6. The number of amides is 1. The van der Waals surface area contributed by atoms with Crippen LogP contribution in [0.5, 0.6) is 0 Å². The third-order valence-electron chi connectivity index (χ3n) is 3.69. The van der Waals surface area contributed by atoms with Gasteiger partial charge in [0, 0.05) is 23.4 Å². The average molecular weight is 337 g/mol. The van der Waals surface area contributed by atoms with Crippen molar-refractivity contribution in [2.75, 3.05) is 11.9 Å². The first-order valence-electron chi connectivity index (χ1n) is 7.79. The molecule has 3 rings (SSSR count). The molecule has 0 bridgehead atoms. The molecule has 126 valence electrons. The molecule has 25 heavy (non-hydrogen) atoms. The number of carbonyl (C=O) groups excluding carboxylic acids is 2. The van der Waals surface area contributed by atoms with Crippen LogP contribution >= 0.6 is 0 Å². The monoisotopic (exact) mass is 337 g/mol. The van der Waals surface area contributed by atoms with E-state index in [9.17, 15) is 14.0 Å². The van der Waals surface area contributed by atoms with Gasteiger partial charge in [-0.1, -0.05) is 30.3 Å². The SMILES string of the molecule is O=C(/C=C/c1ccccc1F)Nc1ccc(CC2=CC(=O)OC2)cc1. The van der Waals surface area contributed by atoms with E-state index in [-0.39, 0.29) is 17.7 Å². The second-order valence-electron chi connectivity index (χ2n) is 5.63. The van der Waals surface area contributed by atoms with Crippen molar-refractivity contribution in [1.82, 2.24) is 0 Å². The summed E-state index contributed by atoms with van der Waals surface area (Å²) in [6.45, 7) is 0.332. The summed E-state index contributed by atoms with van der Waals surface area (Å²) in [4.78, 5) is 22.9. The van der Waals surface area contributed by atoms with Crippen molar-refractivity contribution < 1.29 is 18.7 Å². The number of halogens is 1. The van der Waals surface area contributed by atoms with Crippen molar-refractivity contribution in [2.24, 2.45) is 0 Å². The van der Waals surface area contributed by atoms with Gasteiger partial charge in [0.15, 0.2) is 0 Å². The second kappa shape index (κ2) is 7.57. The summed E-state index contributed by atoms with van der Waals surface area (Å²) in [5.41, 5.74) is 2.94. The number of hydrogen-bond acceptors (Lipinski definition) is 3. The van der Waals surface area contributed by atoms with Crippen molar-refractivity contribution in [2.45, 2.75) is 6.42 Å². The molecule has 0 saturated carbocycles. The van der Waals surface area contributed by atoms with Crippen molar-refractivity contribution in [3.05, 3.63) is 83.2 Å². The highest BCUT2D eigenvalue weighted by Gasteiger charge is 2.12. The molecule has 0 spiro atoms. The largest absolute Gasteiger partial charge is 0.458 e. The summed E-state index contributed by atoms with van der Waals surface area (Å²) < 4.78 is 18.3. The standard InChI is InChI=1S/C20H16FNO3/c21-18-4-2-1-3-16(18)7-10-19(23)22-17-8-5-14(6-9-17)11-15-12-20(24)25-13-15/h1-10,12H,11,13H2,(H,22,23)/b10-7+. The fraction of sp³-hybridized carbons (Fsp3) is 0.100. The third-order valence-corrected chi connectivity index (χ3v) is 3.69. The van der Waals surface area contributed by atoms with E-state index < -0.39 is 0 Å². The van der Waals surface area contributed by atoms with E-state index in [4.69, 9.17) is 4.74 Å². The van der Waals surface area contributed by atoms with Crippen LogP contribution in [-0.4, -0.2) is 18.5 Å². The van der Waals surface area contributed by atoms with Crippen molar-refractivity contribution in [3.8, 4) is 0 Å². The Bertz CT molecular complexity index is 853. The Kier molecular flexibility index (Phi) is 5.04. The maximum atomic E-state index is 13.5. The summed E-state index contributed by atoms with van der Waals surface area (Å²) in [7, 11) is 0. The minimum atomic E-state index is -0.375. The number of ether oxygens (including phenoxy) is 1. The van der Waals surface area contributed by atoms with Gasteiger partial charge in [-0.15, -0.1) is 0 Å². The minimum absolute atomic E-state index is 0.305. The molecule has 0 atom stereocenters. The van der Waals surface area contributed by atoms with Crippen LogP contribution in [0, 0.1) is 5.82 Å². The molecule has 1 heterocycles. The van der Waals surface area contributed by atoms with Crippen LogP contribution in [0.4, 0.5) is 10.1 Å². The first-order chi connectivity index (χ1) is 12.1. The van der Waals surface area contributed by atoms with Crippen molar-refractivity contribution >= 4 is 23.6 Å². The number of hydrogen-bond donors (Lipinski definition) is 1. The molecule has 1 amide bonds. The van der Waals surface area contributed by atoms with E-state index in [1.54, 1.807) is 30.3 Å². The molecule has 2 aromatic carbocycles. The molecule has 4 nitrogen and oxygen atoms in total. The van der Waals surface area contributed by atoms with Gasteiger partial charge in [-0.05, 0) is 41.8 Å². The smallest absolute Gasteiger partial charge is 0.331 e. The number of esters is 1. The molecule has 0 saturated heterocycles. The maximum absolute atomic E-state index is 13.5. The normalized spacial score (nSPS) is 13.6. The Morgan fingerprint density at radius 1 is 1.16 bits per heavy atom. The second-order valence-corrected chi connectivity index (χ2v) is 5.63. The van der Waals surface area contributed by atoms with E-state index in [0.717, 1.165) is 11.1 Å². The van der Waals surface area contributed by atoms with Gasteiger partial charge < -0.3 is 10.1 Å². The highest BCUT2D eigenvalue weighted by molar-refractivity contribution is 6.01. The Morgan fingerprint density at radius 2 is 1.92 bits per heavy atom. The molecule has 0 fully saturated rings. The summed E-state index contributed by atoms with van der Waals surface area (Å²) in [6.07, 6.45) is 4.86. The number of rotatable bonds is 5.